The number of hydrazone groups is 1. The number of carbonyl (C=O) groups excluding carboxylic acids is 2. The Balaban J connectivity index is 1.49. The van der Waals surface area contributed by atoms with Crippen LogP contribution in [0.3, 0.4) is 0 Å². The van der Waals surface area contributed by atoms with Crippen molar-refractivity contribution in [1.82, 2.24) is 15.6 Å². The maximum atomic E-state index is 12.2. The highest BCUT2D eigenvalue weighted by atomic mass is 35.5. The van der Waals surface area contributed by atoms with Gasteiger partial charge in [-0.15, -0.1) is 10.2 Å². The first-order valence-corrected chi connectivity index (χ1v) is 9.58. The smallest absolute Gasteiger partial charge is 0.257 e. The molecule has 8 nitrogen and oxygen atoms in total. The van der Waals surface area contributed by atoms with Gasteiger partial charge in [-0.2, -0.15) is 5.10 Å². The first-order chi connectivity index (χ1) is 14.0. The first kappa shape index (κ1) is 20.4. The SMILES string of the molecule is COc1ccc(/C=N\NC(=O)Cc2nnc(NC(=O)c3ccc(Cl)cc3)s2)cc1. The fourth-order valence-corrected chi connectivity index (χ4v) is 3.05. The van der Waals surface area contributed by atoms with Crippen molar-refractivity contribution in [2.24, 2.45) is 5.10 Å². The summed E-state index contributed by atoms with van der Waals surface area (Å²) in [6.07, 6.45) is 1.52. The highest BCUT2D eigenvalue weighted by Crippen LogP contribution is 2.17. The van der Waals surface area contributed by atoms with Crippen molar-refractivity contribution < 1.29 is 14.3 Å². The van der Waals surface area contributed by atoms with E-state index in [1.54, 1.807) is 43.5 Å². The Morgan fingerprint density at radius 3 is 2.55 bits per heavy atom. The Bertz CT molecular complexity index is 1020. The van der Waals surface area contributed by atoms with Gasteiger partial charge in [-0.25, -0.2) is 5.43 Å². The van der Waals surface area contributed by atoms with Crippen molar-refractivity contribution in [1.29, 1.82) is 0 Å². The monoisotopic (exact) mass is 429 g/mol. The molecule has 0 bridgehead atoms. The average Bonchev–Trinajstić information content (AvgIpc) is 3.15. The Morgan fingerprint density at radius 1 is 1.14 bits per heavy atom. The summed E-state index contributed by atoms with van der Waals surface area (Å²) in [6, 6.07) is 13.7. The molecule has 1 aromatic heterocycles. The number of carbonyl (C=O) groups is 2. The molecule has 2 aromatic carbocycles. The number of hydrogen-bond donors (Lipinski definition) is 2. The number of methoxy groups -OCH3 is 1. The van der Waals surface area contributed by atoms with Crippen molar-refractivity contribution in [2.75, 3.05) is 12.4 Å². The van der Waals surface area contributed by atoms with E-state index in [9.17, 15) is 9.59 Å². The standard InChI is InChI=1S/C19H16ClN5O3S/c1-28-15-8-2-12(3-9-15)11-21-23-16(26)10-17-24-25-19(29-17)22-18(27)13-4-6-14(20)7-5-13/h2-9,11H,10H2,1H3,(H,23,26)(H,22,25,27)/b21-11-. The molecule has 29 heavy (non-hydrogen) atoms. The molecule has 0 fully saturated rings. The van der Waals surface area contributed by atoms with Crippen LogP contribution >= 0.6 is 22.9 Å². The minimum atomic E-state index is -0.346. The molecule has 3 rings (SSSR count). The van der Waals surface area contributed by atoms with Crippen LogP contribution in [0.25, 0.3) is 0 Å². The Hall–Kier alpha value is -3.30. The van der Waals surface area contributed by atoms with Gasteiger partial charge in [-0.3, -0.25) is 14.9 Å². The molecule has 3 aromatic rings. The van der Waals surface area contributed by atoms with E-state index in [-0.39, 0.29) is 18.2 Å². The molecule has 0 atom stereocenters. The minimum Gasteiger partial charge on any atom is -0.497 e. The topological polar surface area (TPSA) is 106 Å². The van der Waals surface area contributed by atoms with Crippen LogP contribution in [0.4, 0.5) is 5.13 Å². The zero-order valence-corrected chi connectivity index (χ0v) is 16.8. The van der Waals surface area contributed by atoms with Crippen LogP contribution in [0, 0.1) is 0 Å². The van der Waals surface area contributed by atoms with Gasteiger partial charge >= 0.3 is 0 Å². The third kappa shape index (κ3) is 6.09. The van der Waals surface area contributed by atoms with E-state index in [2.05, 4.69) is 26.0 Å². The van der Waals surface area contributed by atoms with Crippen LogP contribution in [-0.4, -0.2) is 35.3 Å². The number of anilines is 1. The molecule has 1 heterocycles. The molecule has 2 amide bonds. The summed E-state index contributed by atoms with van der Waals surface area (Å²) in [4.78, 5) is 24.1. The predicted octanol–water partition coefficient (Wildman–Crippen LogP) is 3.15. The number of nitrogens with zero attached hydrogens (tertiary/aromatic N) is 3. The second-order valence-corrected chi connectivity index (χ2v) is 7.20. The van der Waals surface area contributed by atoms with Gasteiger partial charge in [-0.1, -0.05) is 22.9 Å². The van der Waals surface area contributed by atoms with E-state index >= 15 is 0 Å². The normalized spacial score (nSPS) is 10.7. The van der Waals surface area contributed by atoms with Gasteiger partial charge in [0.1, 0.15) is 10.8 Å². The second-order valence-electron chi connectivity index (χ2n) is 5.71. The predicted molar refractivity (Wildman–Crippen MR) is 112 cm³/mol. The number of benzene rings is 2. The summed E-state index contributed by atoms with van der Waals surface area (Å²) in [6.45, 7) is 0. The van der Waals surface area contributed by atoms with Gasteiger partial charge in [0, 0.05) is 10.6 Å². The molecule has 0 aliphatic heterocycles. The molecule has 0 aliphatic carbocycles. The Morgan fingerprint density at radius 2 is 1.86 bits per heavy atom. The summed E-state index contributed by atoms with van der Waals surface area (Å²) >= 11 is 6.92. The lowest BCUT2D eigenvalue weighted by molar-refractivity contribution is -0.120. The van der Waals surface area contributed by atoms with Crippen LogP contribution < -0.4 is 15.5 Å². The van der Waals surface area contributed by atoms with E-state index in [1.165, 1.54) is 6.21 Å². The molecule has 0 saturated carbocycles. The molecule has 0 spiro atoms. The van der Waals surface area contributed by atoms with Gasteiger partial charge in [-0.05, 0) is 54.1 Å². The quantitative estimate of drug-likeness (QED) is 0.443. The third-order valence-electron chi connectivity index (χ3n) is 3.62. The van der Waals surface area contributed by atoms with E-state index in [4.69, 9.17) is 16.3 Å². The third-order valence-corrected chi connectivity index (χ3v) is 4.71. The first-order valence-electron chi connectivity index (χ1n) is 8.39. The molecular formula is C19H16ClN5O3S. The maximum absolute atomic E-state index is 12.2. The van der Waals surface area contributed by atoms with Gasteiger partial charge in [0.2, 0.25) is 11.0 Å². The summed E-state index contributed by atoms with van der Waals surface area (Å²) in [5.74, 6) is 0.0563. The number of hydrogen-bond acceptors (Lipinski definition) is 7. The van der Waals surface area contributed by atoms with E-state index in [0.717, 1.165) is 22.6 Å². The minimum absolute atomic E-state index is 0.00552. The summed E-state index contributed by atoms with van der Waals surface area (Å²) in [5, 5.41) is 15.6. The van der Waals surface area contributed by atoms with Crippen LogP contribution in [-0.2, 0) is 11.2 Å². The van der Waals surface area contributed by atoms with Crippen LogP contribution in [0.5, 0.6) is 5.75 Å². The number of aromatic nitrogens is 2. The number of rotatable bonds is 7. The summed E-state index contributed by atoms with van der Waals surface area (Å²) < 4.78 is 5.08. The van der Waals surface area contributed by atoms with Crippen molar-refractivity contribution in [3.05, 3.63) is 69.7 Å². The lowest BCUT2D eigenvalue weighted by atomic mass is 10.2. The number of nitrogens with one attached hydrogen (secondary N) is 2. The maximum Gasteiger partial charge on any atom is 0.257 e. The summed E-state index contributed by atoms with van der Waals surface area (Å²) in [5.41, 5.74) is 3.68. The zero-order valence-electron chi connectivity index (χ0n) is 15.3. The Kier molecular flexibility index (Phi) is 6.88. The van der Waals surface area contributed by atoms with Crippen LogP contribution in [0.1, 0.15) is 20.9 Å². The van der Waals surface area contributed by atoms with E-state index in [1.807, 2.05) is 12.1 Å². The largest absolute Gasteiger partial charge is 0.497 e. The van der Waals surface area contributed by atoms with Gasteiger partial charge in [0.15, 0.2) is 0 Å². The van der Waals surface area contributed by atoms with Crippen molar-refractivity contribution >= 4 is 46.1 Å². The van der Waals surface area contributed by atoms with E-state index in [0.29, 0.717) is 20.7 Å². The average molecular weight is 430 g/mol. The number of halogens is 1. The lowest BCUT2D eigenvalue weighted by Gasteiger charge is -2.00. The van der Waals surface area contributed by atoms with Crippen LogP contribution in [0.2, 0.25) is 5.02 Å². The Labute approximate surface area is 175 Å². The summed E-state index contributed by atoms with van der Waals surface area (Å²) in [7, 11) is 1.59. The molecule has 10 heteroatoms. The number of ether oxygens (including phenoxy) is 1. The van der Waals surface area contributed by atoms with Crippen LogP contribution in [0.15, 0.2) is 53.6 Å². The lowest BCUT2D eigenvalue weighted by Crippen LogP contribution is -2.19. The molecule has 0 saturated heterocycles. The molecular weight excluding hydrogens is 414 g/mol. The fraction of sp³-hybridized carbons (Fsp3) is 0.105. The van der Waals surface area contributed by atoms with Gasteiger partial charge < -0.3 is 4.74 Å². The molecule has 0 aliphatic rings. The molecule has 0 unspecified atom stereocenters. The van der Waals surface area contributed by atoms with Gasteiger partial charge in [0.05, 0.1) is 19.7 Å². The van der Waals surface area contributed by atoms with Crippen molar-refractivity contribution in [2.45, 2.75) is 6.42 Å². The molecule has 2 N–H and O–H groups in total. The highest BCUT2D eigenvalue weighted by Gasteiger charge is 2.12. The van der Waals surface area contributed by atoms with Crippen molar-refractivity contribution in [3.63, 3.8) is 0 Å². The van der Waals surface area contributed by atoms with Crippen molar-refractivity contribution in [3.8, 4) is 5.75 Å². The van der Waals surface area contributed by atoms with Gasteiger partial charge in [0.25, 0.3) is 5.91 Å². The second kappa shape index (κ2) is 9.76. The number of amides is 2. The fourth-order valence-electron chi connectivity index (χ4n) is 2.19. The highest BCUT2D eigenvalue weighted by molar-refractivity contribution is 7.15. The molecule has 148 valence electrons. The van der Waals surface area contributed by atoms with E-state index < -0.39 is 0 Å². The zero-order chi connectivity index (χ0) is 20.6. The molecule has 0 radical (unpaired) electrons.